The van der Waals surface area contributed by atoms with Gasteiger partial charge in [-0.25, -0.2) is 0 Å². The van der Waals surface area contributed by atoms with E-state index in [1.54, 1.807) is 0 Å². The SMILES string of the molecule is CCCC(C)C(C(N)=O)=C(C)C.Cl.N. The Bertz CT molecular complexity index is 198. The normalized spacial score (nSPS) is 10.6. The Labute approximate surface area is 93.1 Å². The van der Waals surface area contributed by atoms with Gasteiger partial charge in [0.05, 0.1) is 0 Å². The average molecular weight is 223 g/mol. The van der Waals surface area contributed by atoms with Gasteiger partial charge < -0.3 is 11.9 Å². The van der Waals surface area contributed by atoms with E-state index in [4.69, 9.17) is 5.73 Å². The van der Waals surface area contributed by atoms with E-state index in [1.165, 1.54) is 0 Å². The number of carbonyl (C=O) groups excluding carboxylic acids is 1. The number of primary amides is 1. The minimum absolute atomic E-state index is 0. The molecule has 0 bridgehead atoms. The fourth-order valence-corrected chi connectivity index (χ4v) is 1.56. The van der Waals surface area contributed by atoms with Crippen molar-refractivity contribution in [3.05, 3.63) is 11.1 Å². The molecule has 1 unspecified atom stereocenters. The van der Waals surface area contributed by atoms with Gasteiger partial charge in [0.2, 0.25) is 5.91 Å². The van der Waals surface area contributed by atoms with Crippen LogP contribution >= 0.6 is 12.4 Å². The van der Waals surface area contributed by atoms with E-state index in [-0.39, 0.29) is 24.5 Å². The molecule has 0 rings (SSSR count). The quantitative estimate of drug-likeness (QED) is 0.718. The highest BCUT2D eigenvalue weighted by Crippen LogP contribution is 2.19. The summed E-state index contributed by atoms with van der Waals surface area (Å²) in [6.45, 7) is 8.04. The van der Waals surface area contributed by atoms with Gasteiger partial charge in [0.25, 0.3) is 0 Å². The van der Waals surface area contributed by atoms with Crippen molar-refractivity contribution in [1.29, 1.82) is 0 Å². The molecule has 3 nitrogen and oxygen atoms in total. The summed E-state index contributed by atoms with van der Waals surface area (Å²) in [5.41, 5.74) is 7.12. The highest BCUT2D eigenvalue weighted by atomic mass is 35.5. The fraction of sp³-hybridized carbons (Fsp3) is 0.700. The third kappa shape index (κ3) is 6.00. The van der Waals surface area contributed by atoms with E-state index in [0.29, 0.717) is 5.92 Å². The predicted octanol–water partition coefficient (Wildman–Crippen LogP) is 2.83. The molecule has 0 heterocycles. The highest BCUT2D eigenvalue weighted by molar-refractivity contribution is 5.93. The summed E-state index contributed by atoms with van der Waals surface area (Å²) in [5, 5.41) is 0. The molecular formula is C10H23ClN2O. The monoisotopic (exact) mass is 222 g/mol. The Morgan fingerprint density at radius 3 is 2.00 bits per heavy atom. The molecule has 5 N–H and O–H groups in total. The number of hydrogen-bond acceptors (Lipinski definition) is 2. The van der Waals surface area contributed by atoms with E-state index < -0.39 is 0 Å². The van der Waals surface area contributed by atoms with Gasteiger partial charge in [-0.15, -0.1) is 12.4 Å². The van der Waals surface area contributed by atoms with Crippen LogP contribution < -0.4 is 11.9 Å². The number of hydrogen-bond donors (Lipinski definition) is 2. The number of amides is 1. The van der Waals surface area contributed by atoms with Crippen LogP contribution in [0, 0.1) is 5.92 Å². The van der Waals surface area contributed by atoms with E-state index in [0.717, 1.165) is 24.0 Å². The van der Waals surface area contributed by atoms with Crippen LogP contribution in [0.1, 0.15) is 40.5 Å². The van der Waals surface area contributed by atoms with Crippen molar-refractivity contribution in [2.24, 2.45) is 11.7 Å². The second-order valence-electron chi connectivity index (χ2n) is 3.47. The lowest BCUT2D eigenvalue weighted by atomic mass is 9.92. The molecule has 0 aliphatic rings. The molecule has 4 heteroatoms. The van der Waals surface area contributed by atoms with Crippen molar-refractivity contribution in [3.8, 4) is 0 Å². The van der Waals surface area contributed by atoms with Crippen LogP contribution in [0.15, 0.2) is 11.1 Å². The van der Waals surface area contributed by atoms with Crippen molar-refractivity contribution in [1.82, 2.24) is 6.15 Å². The van der Waals surface area contributed by atoms with Gasteiger partial charge in [-0.1, -0.05) is 25.8 Å². The molecule has 0 aliphatic heterocycles. The number of allylic oxidation sites excluding steroid dienone is 1. The van der Waals surface area contributed by atoms with Crippen molar-refractivity contribution >= 4 is 18.3 Å². The molecule has 0 radical (unpaired) electrons. The average Bonchev–Trinajstić information content (AvgIpc) is 1.85. The summed E-state index contributed by atoms with van der Waals surface area (Å²) in [6, 6.07) is 0. The first-order valence-electron chi connectivity index (χ1n) is 4.47. The van der Waals surface area contributed by atoms with E-state index in [9.17, 15) is 4.79 Å². The molecule has 86 valence electrons. The van der Waals surface area contributed by atoms with Crippen molar-refractivity contribution < 1.29 is 4.79 Å². The lowest BCUT2D eigenvalue weighted by Gasteiger charge is -2.13. The third-order valence-electron chi connectivity index (χ3n) is 2.02. The first kappa shape index (κ1) is 19.1. The Morgan fingerprint density at radius 1 is 1.36 bits per heavy atom. The first-order chi connectivity index (χ1) is 5.50. The molecular weight excluding hydrogens is 200 g/mol. The van der Waals surface area contributed by atoms with Crippen molar-refractivity contribution in [2.75, 3.05) is 0 Å². The van der Waals surface area contributed by atoms with Gasteiger partial charge in [-0.05, 0) is 26.2 Å². The Morgan fingerprint density at radius 2 is 1.79 bits per heavy atom. The molecule has 0 saturated carbocycles. The largest absolute Gasteiger partial charge is 0.366 e. The number of carbonyl (C=O) groups is 1. The van der Waals surface area contributed by atoms with Gasteiger partial charge in [0.1, 0.15) is 0 Å². The summed E-state index contributed by atoms with van der Waals surface area (Å²) in [6.07, 6.45) is 2.12. The molecule has 0 aromatic heterocycles. The number of halogens is 1. The van der Waals surface area contributed by atoms with E-state index in [2.05, 4.69) is 13.8 Å². The van der Waals surface area contributed by atoms with Crippen LogP contribution in [0.5, 0.6) is 0 Å². The van der Waals surface area contributed by atoms with Gasteiger partial charge in [0, 0.05) is 5.57 Å². The van der Waals surface area contributed by atoms with E-state index >= 15 is 0 Å². The lowest BCUT2D eigenvalue weighted by Crippen LogP contribution is -2.20. The van der Waals surface area contributed by atoms with Crippen molar-refractivity contribution in [2.45, 2.75) is 40.5 Å². The van der Waals surface area contributed by atoms with Crippen molar-refractivity contribution in [3.63, 3.8) is 0 Å². The van der Waals surface area contributed by atoms with Crippen LogP contribution in [-0.2, 0) is 4.79 Å². The lowest BCUT2D eigenvalue weighted by molar-refractivity contribution is -0.115. The van der Waals surface area contributed by atoms with Gasteiger partial charge >= 0.3 is 0 Å². The summed E-state index contributed by atoms with van der Waals surface area (Å²) in [5.74, 6) is 0.0356. The zero-order valence-corrected chi connectivity index (χ0v) is 10.4. The minimum atomic E-state index is -0.268. The van der Waals surface area contributed by atoms with Crippen LogP contribution in [0.25, 0.3) is 0 Å². The zero-order valence-electron chi connectivity index (χ0n) is 9.59. The fourth-order valence-electron chi connectivity index (χ4n) is 1.56. The first-order valence-corrected chi connectivity index (χ1v) is 4.47. The number of rotatable bonds is 4. The molecule has 0 aromatic carbocycles. The summed E-state index contributed by atoms with van der Waals surface area (Å²) >= 11 is 0. The molecule has 0 aromatic rings. The molecule has 0 saturated heterocycles. The van der Waals surface area contributed by atoms with Gasteiger partial charge in [0.15, 0.2) is 0 Å². The zero-order chi connectivity index (χ0) is 9.72. The number of nitrogens with two attached hydrogens (primary N) is 1. The smallest absolute Gasteiger partial charge is 0.244 e. The molecule has 1 atom stereocenters. The van der Waals surface area contributed by atoms with E-state index in [1.807, 2.05) is 13.8 Å². The molecule has 0 aliphatic carbocycles. The Balaban J connectivity index is -0.000000605. The minimum Gasteiger partial charge on any atom is -0.366 e. The molecule has 1 amide bonds. The molecule has 0 spiro atoms. The Hall–Kier alpha value is -0.540. The second-order valence-corrected chi connectivity index (χ2v) is 3.47. The second kappa shape index (κ2) is 9.03. The van der Waals surface area contributed by atoms with Gasteiger partial charge in [-0.2, -0.15) is 0 Å². The van der Waals surface area contributed by atoms with Crippen LogP contribution in [0.4, 0.5) is 0 Å². The van der Waals surface area contributed by atoms with Crippen LogP contribution in [0.3, 0.4) is 0 Å². The topological polar surface area (TPSA) is 78.1 Å². The highest BCUT2D eigenvalue weighted by Gasteiger charge is 2.14. The Kier molecular flexibility index (Phi) is 12.3. The van der Waals surface area contributed by atoms with Gasteiger partial charge in [-0.3, -0.25) is 4.79 Å². The maximum atomic E-state index is 11.0. The standard InChI is InChI=1S/C10H19NO.ClH.H3N/c1-5-6-8(4)9(7(2)3)10(11)12;;/h8H,5-6H2,1-4H3,(H2,11,12);1H;1H3. The maximum absolute atomic E-state index is 11.0. The maximum Gasteiger partial charge on any atom is 0.244 e. The third-order valence-corrected chi connectivity index (χ3v) is 2.02. The predicted molar refractivity (Wildman–Crippen MR) is 63.9 cm³/mol. The summed E-state index contributed by atoms with van der Waals surface area (Å²) < 4.78 is 0. The van der Waals surface area contributed by atoms with Crippen LogP contribution in [-0.4, -0.2) is 5.91 Å². The molecule has 14 heavy (non-hydrogen) atoms. The molecule has 0 fully saturated rings. The summed E-state index contributed by atoms with van der Waals surface area (Å²) in [4.78, 5) is 11.0. The van der Waals surface area contributed by atoms with Crippen LogP contribution in [0.2, 0.25) is 0 Å². The summed E-state index contributed by atoms with van der Waals surface area (Å²) in [7, 11) is 0.